The van der Waals surface area contributed by atoms with Crippen molar-refractivity contribution in [3.8, 4) is 0 Å². The van der Waals surface area contributed by atoms with E-state index in [0.29, 0.717) is 5.89 Å². The van der Waals surface area contributed by atoms with Crippen LogP contribution < -0.4 is 11.1 Å². The molecule has 0 fully saturated rings. The fourth-order valence-electron chi connectivity index (χ4n) is 1.01. The van der Waals surface area contributed by atoms with Crippen molar-refractivity contribution in [1.29, 1.82) is 0 Å². The summed E-state index contributed by atoms with van der Waals surface area (Å²) in [6.45, 7) is 6.78. The van der Waals surface area contributed by atoms with E-state index in [4.69, 9.17) is 10.3 Å². The lowest BCUT2D eigenvalue weighted by Crippen LogP contribution is -2.36. The molecule has 3 N–H and O–H groups in total. The van der Waals surface area contributed by atoms with E-state index in [1.54, 1.807) is 0 Å². The highest BCUT2D eigenvalue weighted by Crippen LogP contribution is 2.17. The minimum atomic E-state index is -0.306. The molecular formula is C7H14N4O. The van der Waals surface area contributed by atoms with Gasteiger partial charge in [-0.15, -0.1) is 0 Å². The van der Waals surface area contributed by atoms with Crippen LogP contribution in [0, 0.1) is 0 Å². The van der Waals surface area contributed by atoms with Gasteiger partial charge in [0, 0.05) is 0 Å². The third-order valence-electron chi connectivity index (χ3n) is 1.60. The van der Waals surface area contributed by atoms with Gasteiger partial charge in [-0.1, -0.05) is 6.92 Å². The van der Waals surface area contributed by atoms with Crippen molar-refractivity contribution in [2.45, 2.75) is 26.3 Å². The van der Waals surface area contributed by atoms with Crippen molar-refractivity contribution in [3.63, 3.8) is 0 Å². The molecule has 12 heavy (non-hydrogen) atoms. The van der Waals surface area contributed by atoms with Crippen molar-refractivity contribution in [3.05, 3.63) is 5.89 Å². The number of nitrogens with zero attached hydrogens (tertiary/aromatic N) is 2. The molecule has 0 atom stereocenters. The van der Waals surface area contributed by atoms with Gasteiger partial charge >= 0.3 is 0 Å². The Morgan fingerprint density at radius 2 is 2.25 bits per heavy atom. The van der Waals surface area contributed by atoms with Crippen molar-refractivity contribution < 1.29 is 4.52 Å². The Hall–Kier alpha value is -1.10. The van der Waals surface area contributed by atoms with Gasteiger partial charge < -0.3 is 15.6 Å². The molecule has 0 aliphatic heterocycles. The Labute approximate surface area is 71.3 Å². The maximum absolute atomic E-state index is 5.33. The Morgan fingerprint density at radius 1 is 1.58 bits per heavy atom. The van der Waals surface area contributed by atoms with Crippen molar-refractivity contribution >= 4 is 5.95 Å². The summed E-state index contributed by atoms with van der Waals surface area (Å²) in [4.78, 5) is 3.94. The van der Waals surface area contributed by atoms with E-state index < -0.39 is 0 Å². The molecule has 1 aromatic heterocycles. The lowest BCUT2D eigenvalue weighted by atomic mass is 10.1. The van der Waals surface area contributed by atoms with Crippen molar-refractivity contribution in [2.75, 3.05) is 12.3 Å². The molecule has 1 rings (SSSR count). The largest absolute Gasteiger partial charge is 0.365 e. The molecule has 1 heterocycles. The third kappa shape index (κ3) is 1.73. The maximum atomic E-state index is 5.33. The average Bonchev–Trinajstić information content (AvgIpc) is 2.36. The highest BCUT2D eigenvalue weighted by atomic mass is 16.5. The summed E-state index contributed by atoms with van der Waals surface area (Å²) in [7, 11) is 0. The molecule has 0 amide bonds. The first-order chi connectivity index (χ1) is 5.56. The molecule has 5 nitrogen and oxygen atoms in total. The van der Waals surface area contributed by atoms with Gasteiger partial charge in [-0.2, -0.15) is 4.98 Å². The topological polar surface area (TPSA) is 77.0 Å². The molecule has 0 bridgehead atoms. The van der Waals surface area contributed by atoms with Crippen LogP contribution in [-0.4, -0.2) is 16.7 Å². The van der Waals surface area contributed by atoms with Crippen LogP contribution in [0.15, 0.2) is 4.52 Å². The molecule has 0 unspecified atom stereocenters. The summed E-state index contributed by atoms with van der Waals surface area (Å²) in [5.74, 6) is 0.692. The highest BCUT2D eigenvalue weighted by Gasteiger charge is 2.25. The highest BCUT2D eigenvalue weighted by molar-refractivity contribution is 5.13. The fourth-order valence-corrected chi connectivity index (χ4v) is 1.01. The van der Waals surface area contributed by atoms with Crippen LogP contribution in [0.3, 0.4) is 0 Å². The average molecular weight is 170 g/mol. The molecular weight excluding hydrogens is 156 g/mol. The van der Waals surface area contributed by atoms with Gasteiger partial charge in [0.05, 0.1) is 5.54 Å². The van der Waals surface area contributed by atoms with Gasteiger partial charge in [0.1, 0.15) is 0 Å². The van der Waals surface area contributed by atoms with Crippen LogP contribution in [0.5, 0.6) is 0 Å². The molecule has 0 aliphatic carbocycles. The smallest absolute Gasteiger partial charge is 0.260 e. The Balaban J connectivity index is 2.81. The number of anilines is 1. The molecule has 1 aromatic rings. The van der Waals surface area contributed by atoms with Gasteiger partial charge in [0.2, 0.25) is 5.89 Å². The van der Waals surface area contributed by atoms with E-state index in [1.807, 2.05) is 20.8 Å². The van der Waals surface area contributed by atoms with E-state index in [9.17, 15) is 0 Å². The van der Waals surface area contributed by atoms with Crippen molar-refractivity contribution in [1.82, 2.24) is 15.5 Å². The molecule has 0 aliphatic rings. The van der Waals surface area contributed by atoms with Crippen LogP contribution in [0.1, 0.15) is 26.7 Å². The van der Waals surface area contributed by atoms with Crippen LogP contribution >= 0.6 is 0 Å². The zero-order valence-corrected chi connectivity index (χ0v) is 7.59. The first kappa shape index (κ1) is 8.99. The van der Waals surface area contributed by atoms with Crippen LogP contribution in [0.4, 0.5) is 5.95 Å². The second kappa shape index (κ2) is 3.10. The molecule has 0 saturated heterocycles. The minimum Gasteiger partial charge on any atom is -0.365 e. The normalized spacial score (nSPS) is 11.9. The number of nitrogen functional groups attached to an aromatic ring is 1. The zero-order chi connectivity index (χ0) is 9.19. The summed E-state index contributed by atoms with van der Waals surface area (Å²) in [5, 5.41) is 6.72. The Morgan fingerprint density at radius 3 is 2.67 bits per heavy atom. The molecule has 0 saturated carbocycles. The SMILES string of the molecule is CCNC(C)(C)c1nc(N)no1. The monoisotopic (exact) mass is 170 g/mol. The van der Waals surface area contributed by atoms with Gasteiger partial charge in [0.25, 0.3) is 5.95 Å². The third-order valence-corrected chi connectivity index (χ3v) is 1.60. The van der Waals surface area contributed by atoms with E-state index in [-0.39, 0.29) is 11.5 Å². The second-order valence-corrected chi connectivity index (χ2v) is 3.11. The molecule has 5 heteroatoms. The minimum absolute atomic E-state index is 0.177. The number of hydrogen-bond donors (Lipinski definition) is 2. The number of hydrogen-bond acceptors (Lipinski definition) is 5. The Bertz CT molecular complexity index is 256. The molecule has 68 valence electrons. The zero-order valence-electron chi connectivity index (χ0n) is 7.59. The number of nitrogens with one attached hydrogen (secondary N) is 1. The van der Waals surface area contributed by atoms with E-state index in [1.165, 1.54) is 0 Å². The van der Waals surface area contributed by atoms with E-state index in [0.717, 1.165) is 6.54 Å². The lowest BCUT2D eigenvalue weighted by Gasteiger charge is -2.20. The van der Waals surface area contributed by atoms with Gasteiger partial charge in [-0.05, 0) is 25.5 Å². The first-order valence-electron chi connectivity index (χ1n) is 3.91. The number of aromatic nitrogens is 2. The summed E-state index contributed by atoms with van der Waals surface area (Å²) < 4.78 is 4.93. The first-order valence-corrected chi connectivity index (χ1v) is 3.91. The van der Waals surface area contributed by atoms with E-state index in [2.05, 4.69) is 15.5 Å². The van der Waals surface area contributed by atoms with Gasteiger partial charge in [0.15, 0.2) is 0 Å². The second-order valence-electron chi connectivity index (χ2n) is 3.11. The maximum Gasteiger partial charge on any atom is 0.260 e. The van der Waals surface area contributed by atoms with E-state index >= 15 is 0 Å². The standard InChI is InChI=1S/C7H14N4O/c1-4-9-7(2,3)5-10-6(8)11-12-5/h9H,4H2,1-3H3,(H2,8,11). The fraction of sp³-hybridized carbons (Fsp3) is 0.714. The van der Waals surface area contributed by atoms with Gasteiger partial charge in [-0.3, -0.25) is 0 Å². The predicted octanol–water partition coefficient (Wildman–Crippen LogP) is 0.496. The summed E-state index contributed by atoms with van der Waals surface area (Å²) in [5.41, 5.74) is 5.02. The lowest BCUT2D eigenvalue weighted by molar-refractivity contribution is 0.272. The molecule has 0 aromatic carbocycles. The Kier molecular flexibility index (Phi) is 2.32. The predicted molar refractivity (Wildman–Crippen MR) is 45.4 cm³/mol. The molecule has 0 spiro atoms. The summed E-state index contributed by atoms with van der Waals surface area (Å²) in [6, 6.07) is 0. The quantitative estimate of drug-likeness (QED) is 0.690. The summed E-state index contributed by atoms with van der Waals surface area (Å²) in [6.07, 6.45) is 0. The summed E-state index contributed by atoms with van der Waals surface area (Å²) >= 11 is 0. The van der Waals surface area contributed by atoms with Crippen LogP contribution in [-0.2, 0) is 5.54 Å². The van der Waals surface area contributed by atoms with Crippen LogP contribution in [0.25, 0.3) is 0 Å². The van der Waals surface area contributed by atoms with Crippen LogP contribution in [0.2, 0.25) is 0 Å². The number of nitrogens with two attached hydrogens (primary N) is 1. The number of rotatable bonds is 3. The van der Waals surface area contributed by atoms with Crippen molar-refractivity contribution in [2.24, 2.45) is 0 Å². The molecule has 0 radical (unpaired) electrons. The van der Waals surface area contributed by atoms with Gasteiger partial charge in [-0.25, -0.2) is 0 Å².